The molecule has 0 spiro atoms. The summed E-state index contributed by atoms with van der Waals surface area (Å²) in [6, 6.07) is 7.98. The number of methoxy groups -OCH3 is 1. The van der Waals surface area contributed by atoms with E-state index < -0.39 is 18.2 Å². The van der Waals surface area contributed by atoms with E-state index >= 15 is 0 Å². The van der Waals surface area contributed by atoms with E-state index in [-0.39, 0.29) is 23.6 Å². The predicted molar refractivity (Wildman–Crippen MR) is 119 cm³/mol. The van der Waals surface area contributed by atoms with Crippen LogP contribution in [0.1, 0.15) is 56.1 Å². The van der Waals surface area contributed by atoms with Gasteiger partial charge in [0.25, 0.3) is 0 Å². The number of rotatable bonds is 13. The Bertz CT molecular complexity index is 677. The molecule has 0 saturated heterocycles. The second kappa shape index (κ2) is 13.1. The van der Waals surface area contributed by atoms with Crippen LogP contribution in [0.15, 0.2) is 36.4 Å². The van der Waals surface area contributed by atoms with Crippen LogP contribution in [-0.4, -0.2) is 46.0 Å². The number of carboxylic acid groups (broad SMARTS) is 1. The molecule has 1 aliphatic rings. The van der Waals surface area contributed by atoms with Crippen LogP contribution in [0, 0.1) is 11.8 Å². The van der Waals surface area contributed by atoms with Gasteiger partial charge in [0.05, 0.1) is 18.8 Å². The van der Waals surface area contributed by atoms with E-state index in [0.29, 0.717) is 25.9 Å². The highest BCUT2D eigenvalue weighted by atomic mass is 35.5. The maximum atomic E-state index is 10.6. The minimum absolute atomic E-state index is 0.0546. The normalized spacial score (nSPS) is 25.1. The first-order valence-electron chi connectivity index (χ1n) is 10.9. The fourth-order valence-corrected chi connectivity index (χ4v) is 4.80. The lowest BCUT2D eigenvalue weighted by molar-refractivity contribution is -0.137. The Hall–Kier alpha value is -1.40. The summed E-state index contributed by atoms with van der Waals surface area (Å²) in [7, 11) is 1.66. The lowest BCUT2D eigenvalue weighted by atomic mass is 9.88. The van der Waals surface area contributed by atoms with Gasteiger partial charge in [-0.2, -0.15) is 0 Å². The molecule has 0 aromatic heterocycles. The monoisotopic (exact) mass is 438 g/mol. The minimum Gasteiger partial charge on any atom is -0.481 e. The zero-order valence-corrected chi connectivity index (χ0v) is 18.5. The summed E-state index contributed by atoms with van der Waals surface area (Å²) in [6.45, 7) is 0.545. The Morgan fingerprint density at radius 3 is 2.73 bits per heavy atom. The first kappa shape index (κ1) is 24.9. The highest BCUT2D eigenvalue weighted by Crippen LogP contribution is 2.40. The van der Waals surface area contributed by atoms with Crippen molar-refractivity contribution < 1.29 is 24.9 Å². The molecular formula is C24H35ClO5. The maximum absolute atomic E-state index is 10.6. The number of aliphatic hydroxyl groups is 2. The van der Waals surface area contributed by atoms with Crippen molar-refractivity contribution >= 4 is 17.6 Å². The third kappa shape index (κ3) is 8.38. The molecule has 0 unspecified atom stereocenters. The molecule has 6 heteroatoms. The first-order chi connectivity index (χ1) is 14.4. The average Bonchev–Trinajstić information content (AvgIpc) is 2.95. The summed E-state index contributed by atoms with van der Waals surface area (Å²) in [4.78, 5) is 10.6. The number of halogens is 1. The van der Waals surface area contributed by atoms with Gasteiger partial charge in [-0.3, -0.25) is 4.79 Å². The van der Waals surface area contributed by atoms with E-state index in [1.54, 1.807) is 13.2 Å². The van der Waals surface area contributed by atoms with E-state index in [2.05, 4.69) is 0 Å². The molecule has 1 aliphatic carbocycles. The van der Waals surface area contributed by atoms with E-state index in [4.69, 9.17) is 21.4 Å². The molecule has 2 rings (SSSR count). The van der Waals surface area contributed by atoms with E-state index in [9.17, 15) is 15.0 Å². The van der Waals surface area contributed by atoms with Crippen molar-refractivity contribution in [3.05, 3.63) is 47.5 Å². The minimum atomic E-state index is -0.746. The Balaban J connectivity index is 1.84. The lowest BCUT2D eigenvalue weighted by Gasteiger charge is -2.21. The summed E-state index contributed by atoms with van der Waals surface area (Å²) < 4.78 is 5.16. The largest absolute Gasteiger partial charge is 0.481 e. The van der Waals surface area contributed by atoms with Crippen molar-refractivity contribution in [2.45, 2.75) is 75.6 Å². The standard InChI is InChI=1S/C24H35ClO5/c1-30-16-18-8-6-7-17(13-18)14-19(26)11-12-21-20(22(25)15-23(21)27)9-4-2-3-5-10-24(28)29/h6-8,11-13,19-23,26-27H,2-5,9-10,14-16H2,1H3,(H,28,29)/b12-11+/t19-,20-,21-,22-,23-/m1/s1. The molecule has 1 aromatic carbocycles. The van der Waals surface area contributed by atoms with Crippen LogP contribution in [0.4, 0.5) is 0 Å². The number of unbranched alkanes of at least 4 members (excludes halogenated alkanes) is 3. The molecule has 0 radical (unpaired) electrons. The molecule has 168 valence electrons. The number of benzene rings is 1. The van der Waals surface area contributed by atoms with Gasteiger partial charge in [0.1, 0.15) is 0 Å². The zero-order chi connectivity index (χ0) is 21.9. The number of alkyl halides is 1. The quantitative estimate of drug-likeness (QED) is 0.242. The summed E-state index contributed by atoms with van der Waals surface area (Å²) in [6.07, 6.45) is 8.35. The fraction of sp³-hybridized carbons (Fsp3) is 0.625. The Kier molecular flexibility index (Phi) is 10.9. The van der Waals surface area contributed by atoms with Gasteiger partial charge in [-0.25, -0.2) is 0 Å². The molecule has 0 bridgehead atoms. The molecule has 1 aromatic rings. The number of ether oxygens (including phenoxy) is 1. The summed E-state index contributed by atoms with van der Waals surface area (Å²) in [5, 5.41) is 29.5. The highest BCUT2D eigenvalue weighted by Gasteiger charge is 2.39. The van der Waals surface area contributed by atoms with Gasteiger partial charge in [0, 0.05) is 31.2 Å². The molecular weight excluding hydrogens is 404 g/mol. The van der Waals surface area contributed by atoms with Crippen molar-refractivity contribution in [1.29, 1.82) is 0 Å². The van der Waals surface area contributed by atoms with Crippen molar-refractivity contribution in [2.24, 2.45) is 11.8 Å². The van der Waals surface area contributed by atoms with Crippen LogP contribution >= 0.6 is 11.6 Å². The van der Waals surface area contributed by atoms with E-state index in [0.717, 1.165) is 36.8 Å². The van der Waals surface area contributed by atoms with Crippen molar-refractivity contribution in [3.8, 4) is 0 Å². The fourth-order valence-electron chi connectivity index (χ4n) is 4.32. The third-order valence-electron chi connectivity index (χ3n) is 5.85. The topological polar surface area (TPSA) is 87.0 Å². The molecule has 1 saturated carbocycles. The van der Waals surface area contributed by atoms with Gasteiger partial charge in [0.2, 0.25) is 0 Å². The average molecular weight is 439 g/mol. The van der Waals surface area contributed by atoms with E-state index in [1.807, 2.05) is 30.3 Å². The molecule has 0 amide bonds. The number of carbonyl (C=O) groups is 1. The Morgan fingerprint density at radius 1 is 1.27 bits per heavy atom. The van der Waals surface area contributed by atoms with Gasteiger partial charge in [0.15, 0.2) is 0 Å². The molecule has 5 atom stereocenters. The molecule has 0 heterocycles. The zero-order valence-electron chi connectivity index (χ0n) is 17.8. The number of hydrogen-bond acceptors (Lipinski definition) is 4. The van der Waals surface area contributed by atoms with Crippen LogP contribution in [0.5, 0.6) is 0 Å². The SMILES string of the molecule is COCc1cccc(C[C@H](O)/C=C/[C@@H]2[C@@H](CCCCCCC(=O)O)[C@H](Cl)C[C@H]2O)c1. The summed E-state index contributed by atoms with van der Waals surface area (Å²) >= 11 is 6.50. The van der Waals surface area contributed by atoms with Crippen molar-refractivity contribution in [2.75, 3.05) is 7.11 Å². The number of hydrogen-bond donors (Lipinski definition) is 3. The number of aliphatic hydroxyl groups excluding tert-OH is 2. The lowest BCUT2D eigenvalue weighted by Crippen LogP contribution is -2.19. The summed E-state index contributed by atoms with van der Waals surface area (Å²) in [5.41, 5.74) is 2.12. The highest BCUT2D eigenvalue weighted by molar-refractivity contribution is 6.21. The van der Waals surface area contributed by atoms with Crippen molar-refractivity contribution in [1.82, 2.24) is 0 Å². The van der Waals surface area contributed by atoms with Gasteiger partial charge < -0.3 is 20.1 Å². The Morgan fingerprint density at radius 2 is 2.00 bits per heavy atom. The smallest absolute Gasteiger partial charge is 0.303 e. The van der Waals surface area contributed by atoms with Crippen LogP contribution in [0.3, 0.4) is 0 Å². The van der Waals surface area contributed by atoms with Crippen LogP contribution in [0.2, 0.25) is 0 Å². The maximum Gasteiger partial charge on any atom is 0.303 e. The Labute approximate surface area is 184 Å². The first-order valence-corrected chi connectivity index (χ1v) is 11.3. The van der Waals surface area contributed by atoms with Gasteiger partial charge in [-0.05, 0) is 36.3 Å². The number of carboxylic acids is 1. The second-order valence-electron chi connectivity index (χ2n) is 8.32. The molecule has 3 N–H and O–H groups in total. The van der Waals surface area contributed by atoms with Crippen LogP contribution in [0.25, 0.3) is 0 Å². The van der Waals surface area contributed by atoms with Crippen LogP contribution < -0.4 is 0 Å². The van der Waals surface area contributed by atoms with Gasteiger partial charge in [-0.15, -0.1) is 11.6 Å². The predicted octanol–water partition coefficient (Wildman–Crippen LogP) is 4.32. The van der Waals surface area contributed by atoms with Crippen molar-refractivity contribution in [3.63, 3.8) is 0 Å². The third-order valence-corrected chi connectivity index (χ3v) is 6.35. The second-order valence-corrected chi connectivity index (χ2v) is 8.88. The number of aliphatic carboxylic acids is 1. The molecule has 5 nitrogen and oxygen atoms in total. The van der Waals surface area contributed by atoms with E-state index in [1.165, 1.54) is 0 Å². The van der Waals surface area contributed by atoms with Crippen LogP contribution in [-0.2, 0) is 22.6 Å². The molecule has 30 heavy (non-hydrogen) atoms. The van der Waals surface area contributed by atoms with Gasteiger partial charge >= 0.3 is 5.97 Å². The molecule has 1 fully saturated rings. The van der Waals surface area contributed by atoms with Gasteiger partial charge in [-0.1, -0.05) is 55.7 Å². The molecule has 0 aliphatic heterocycles. The summed E-state index contributed by atoms with van der Waals surface area (Å²) in [5.74, 6) is -0.625.